The van der Waals surface area contributed by atoms with E-state index in [-0.39, 0.29) is 5.69 Å². The summed E-state index contributed by atoms with van der Waals surface area (Å²) in [6.07, 6.45) is 5.37. The molecule has 1 aromatic heterocycles. The third kappa shape index (κ3) is 10.8. The van der Waals surface area contributed by atoms with Crippen LogP contribution in [0.15, 0.2) is 84.9 Å². The van der Waals surface area contributed by atoms with Gasteiger partial charge in [0.25, 0.3) is 0 Å². The van der Waals surface area contributed by atoms with Gasteiger partial charge in [0.05, 0.1) is 33.5 Å². The Morgan fingerprint density at radius 3 is 1.20 bits per heavy atom. The molecule has 0 amide bonds. The summed E-state index contributed by atoms with van der Waals surface area (Å²) < 4.78 is 25.6. The number of phenols is 10. The van der Waals surface area contributed by atoms with Crippen molar-refractivity contribution in [2.45, 2.75) is 38.5 Å². The minimum absolute atomic E-state index is 0.131. The van der Waals surface area contributed by atoms with E-state index in [0.29, 0.717) is 73.1 Å². The number of aromatic hydroxyl groups is 10. The average Bonchev–Trinajstić information content (AvgIpc) is 3.86. The van der Waals surface area contributed by atoms with Crippen LogP contribution in [-0.4, -0.2) is 102 Å². The second-order valence-corrected chi connectivity index (χ2v) is 16.5. The molecule has 0 radical (unpaired) electrons. The second-order valence-electron chi connectivity index (χ2n) is 16.5. The van der Waals surface area contributed by atoms with Crippen LogP contribution in [-0.2, 0) is 25.7 Å². The third-order valence-corrected chi connectivity index (χ3v) is 11.5. The first-order chi connectivity index (χ1) is 35.6. The van der Waals surface area contributed by atoms with Crippen molar-refractivity contribution in [1.82, 2.24) is 10.2 Å². The third-order valence-electron chi connectivity index (χ3n) is 11.5. The molecular formula is C51H38N2O22. The van der Waals surface area contributed by atoms with Gasteiger partial charge >= 0.3 is 35.8 Å². The molecule has 6 aromatic carbocycles. The van der Waals surface area contributed by atoms with E-state index in [1.807, 2.05) is 6.07 Å². The highest BCUT2D eigenvalue weighted by Gasteiger charge is 2.27. The molecule has 0 saturated heterocycles. The number of ether oxygens (including phenoxy) is 5. The molecule has 0 bridgehead atoms. The number of nitrogens with one attached hydrogen (secondary N) is 1. The number of H-pyrrole nitrogens is 1. The van der Waals surface area contributed by atoms with E-state index in [9.17, 15) is 84.9 Å². The van der Waals surface area contributed by atoms with Crippen molar-refractivity contribution in [1.29, 1.82) is 0 Å². The van der Waals surface area contributed by atoms with Crippen molar-refractivity contribution in [2.75, 3.05) is 0 Å². The summed E-state index contributed by atoms with van der Waals surface area (Å²) in [4.78, 5) is 77.5. The zero-order valence-electron chi connectivity index (χ0n) is 38.2. The molecule has 24 heteroatoms. The number of hydrogen-bond acceptors (Lipinski definition) is 22. The first-order valence-electron chi connectivity index (χ1n) is 21.9. The fraction of sp³-hybridized carbons (Fsp3) is 0.118. The van der Waals surface area contributed by atoms with Crippen molar-refractivity contribution in [3.8, 4) is 86.2 Å². The van der Waals surface area contributed by atoms with Crippen LogP contribution in [0.5, 0.6) is 86.2 Å². The molecule has 0 aliphatic heterocycles. The molecule has 0 saturated carbocycles. The number of aromatic amines is 1. The number of fused-ring (bicyclic) bond motifs is 1. The van der Waals surface area contributed by atoms with Gasteiger partial charge in [0, 0.05) is 0 Å². The zero-order chi connectivity index (χ0) is 54.0. The molecule has 75 heavy (non-hydrogen) atoms. The van der Waals surface area contributed by atoms with Crippen molar-refractivity contribution < 1.29 is 109 Å². The van der Waals surface area contributed by atoms with E-state index in [1.165, 1.54) is 22.8 Å². The quantitative estimate of drug-likeness (QED) is 0.0341. The van der Waals surface area contributed by atoms with Crippen LogP contribution >= 0.6 is 0 Å². The number of phenolic OH excluding ortho intramolecular Hbond substituents is 10. The average molecular weight is 1030 g/mol. The van der Waals surface area contributed by atoms with Crippen molar-refractivity contribution >= 4 is 35.8 Å². The van der Waals surface area contributed by atoms with Gasteiger partial charge in [-0.3, -0.25) is 5.10 Å². The molecule has 8 rings (SSSR count). The predicted octanol–water partition coefficient (Wildman–Crippen LogP) is 5.92. The largest absolute Gasteiger partial charge is 0.504 e. The monoisotopic (exact) mass is 1030 g/mol. The van der Waals surface area contributed by atoms with E-state index in [0.717, 1.165) is 31.7 Å². The van der Waals surface area contributed by atoms with E-state index < -0.39 is 150 Å². The first-order valence-corrected chi connectivity index (χ1v) is 21.9. The number of hydrogen-bond donors (Lipinski definition) is 12. The molecular weight excluding hydrogens is 993 g/mol. The Morgan fingerprint density at radius 2 is 0.800 bits per heavy atom. The zero-order valence-corrected chi connectivity index (χ0v) is 38.2. The molecule has 24 nitrogen and oxygen atoms in total. The summed E-state index contributed by atoms with van der Waals surface area (Å²) in [6, 6.07) is 14.2. The molecule has 0 spiro atoms. The molecule has 1 aliphatic rings. The predicted molar refractivity (Wildman–Crippen MR) is 250 cm³/mol. The lowest BCUT2D eigenvalue weighted by atomic mass is 9.87. The highest BCUT2D eigenvalue weighted by Crippen LogP contribution is 2.43. The van der Waals surface area contributed by atoms with Gasteiger partial charge in [-0.25, -0.2) is 28.8 Å². The highest BCUT2D eigenvalue weighted by molar-refractivity contribution is 5.99. The summed E-state index contributed by atoms with van der Waals surface area (Å²) in [5.74, 6) is -23.5. The number of aromatic nitrogens is 2. The van der Waals surface area contributed by atoms with E-state index >= 15 is 0 Å². The summed E-state index contributed by atoms with van der Waals surface area (Å²) >= 11 is 0. The lowest BCUT2D eigenvalue weighted by molar-refractivity contribution is 0.0684. The molecule has 0 fully saturated rings. The van der Waals surface area contributed by atoms with Crippen LogP contribution in [0, 0.1) is 0 Å². The van der Waals surface area contributed by atoms with Gasteiger partial charge in [0.2, 0.25) is 28.7 Å². The van der Waals surface area contributed by atoms with Crippen molar-refractivity contribution in [2.24, 2.45) is 0 Å². The number of carboxylic acid groups (broad SMARTS) is 1. The number of esters is 5. The van der Waals surface area contributed by atoms with Crippen molar-refractivity contribution in [3.63, 3.8) is 0 Å². The second kappa shape index (κ2) is 20.6. The van der Waals surface area contributed by atoms with Crippen LogP contribution in [0.4, 0.5) is 0 Å². The number of nitrogens with zero attached hydrogens (tertiary/aromatic N) is 1. The maximum atomic E-state index is 13.4. The number of carbonyl (C=O) groups is 6. The maximum absolute atomic E-state index is 13.4. The Hall–Kier alpha value is -10.7. The van der Waals surface area contributed by atoms with Gasteiger partial charge < -0.3 is 79.9 Å². The minimum Gasteiger partial charge on any atom is -0.504 e. The Kier molecular flexibility index (Phi) is 13.9. The Balaban J connectivity index is 0.943. The fourth-order valence-electron chi connectivity index (χ4n) is 7.69. The normalized spacial score (nSPS) is 11.7. The number of rotatable bonds is 14. The summed E-state index contributed by atoms with van der Waals surface area (Å²) in [5, 5.41) is 120. The number of carbonyl (C=O) groups excluding carboxylic acids is 5. The Morgan fingerprint density at radius 1 is 0.440 bits per heavy atom. The van der Waals surface area contributed by atoms with E-state index in [4.69, 9.17) is 23.7 Å². The Bertz CT molecular complexity index is 3530. The molecule has 0 atom stereocenters. The number of aromatic carboxylic acids is 1. The van der Waals surface area contributed by atoms with Crippen LogP contribution in [0.1, 0.15) is 97.5 Å². The number of aryl methyl sites for hydroxylation is 3. The Labute approximate surface area is 419 Å². The van der Waals surface area contributed by atoms with Crippen LogP contribution < -0.4 is 23.7 Å². The molecule has 7 aromatic rings. The fourth-order valence-corrected chi connectivity index (χ4v) is 7.69. The highest BCUT2D eigenvalue weighted by atomic mass is 16.6. The molecule has 0 unspecified atom stereocenters. The van der Waals surface area contributed by atoms with Gasteiger partial charge in [-0.05, 0) is 122 Å². The maximum Gasteiger partial charge on any atom is 0.361 e. The van der Waals surface area contributed by atoms with Crippen LogP contribution in [0.25, 0.3) is 0 Å². The van der Waals surface area contributed by atoms with Crippen molar-refractivity contribution in [3.05, 3.63) is 141 Å². The van der Waals surface area contributed by atoms with Gasteiger partial charge in [-0.1, -0.05) is 18.2 Å². The molecule has 1 aliphatic carbocycles. The van der Waals surface area contributed by atoms with Gasteiger partial charge in [0.15, 0.2) is 57.5 Å². The molecule has 12 N–H and O–H groups in total. The van der Waals surface area contributed by atoms with Gasteiger partial charge in [-0.2, -0.15) is 5.10 Å². The minimum atomic E-state index is -1.58. The van der Waals surface area contributed by atoms with Crippen LogP contribution in [0.2, 0.25) is 0 Å². The summed E-state index contributed by atoms with van der Waals surface area (Å²) in [7, 11) is 0. The van der Waals surface area contributed by atoms with E-state index in [2.05, 4.69) is 22.3 Å². The summed E-state index contributed by atoms with van der Waals surface area (Å²) in [5.41, 5.74) is 0.890. The SMILES string of the molecule is O=C(O)c1cc(O)c(O)c(OC(=O)c2cc(O)c(O)c(OC(=O)c3cc(O)c(O)c(OC(=O)c4cc(O)c(O)c(OC(=O)c5cc(O)c(O)c(OC(=O)c6cc(CCc7cccc8c7CCCC8)n[nH]6)c5)c4)c3)c2)c1. The summed E-state index contributed by atoms with van der Waals surface area (Å²) in [6.45, 7) is 0. The van der Waals surface area contributed by atoms with Gasteiger partial charge in [0.1, 0.15) is 5.69 Å². The smallest absolute Gasteiger partial charge is 0.361 e. The standard InChI is InChI=1S/C51H38N2O22/c54-31-10-23(46(64)65)15-36(41(31)59)71-47(66)24-11-32(55)42(60)37(16-24)72-48(67)25-12-33(56)43(61)38(17-25)73-49(68)26-13-34(57)44(62)39(18-26)74-50(69)27-14-35(58)45(63)40(19-27)75-51(70)30-20-28(52-53-30)9-8-22-6-3-5-21-4-1-2-7-29(21)22/h3,5-6,10-20,54-63H,1-2,4,7-9H2,(H,52,53)(H,64,65). The lowest BCUT2D eigenvalue weighted by Gasteiger charge is -2.19. The van der Waals surface area contributed by atoms with Gasteiger partial charge in [-0.15, -0.1) is 0 Å². The lowest BCUT2D eigenvalue weighted by Crippen LogP contribution is -2.14. The number of benzene rings is 6. The van der Waals surface area contributed by atoms with Crippen LogP contribution in [0.3, 0.4) is 0 Å². The first kappa shape index (κ1) is 50.7. The topological polar surface area (TPSA) is 400 Å². The number of carboxylic acids is 1. The van der Waals surface area contributed by atoms with E-state index in [1.54, 1.807) is 0 Å². The molecule has 384 valence electrons. The molecule has 1 heterocycles.